The number of hydrogen-bond acceptors (Lipinski definition) is 9. The van der Waals surface area contributed by atoms with Crippen molar-refractivity contribution in [2.45, 2.75) is 122 Å². The van der Waals surface area contributed by atoms with Crippen molar-refractivity contribution in [2.75, 3.05) is 19.6 Å². The van der Waals surface area contributed by atoms with E-state index in [2.05, 4.69) is 26.6 Å². The molecule has 0 rings (SSSR count). The molecule has 45 heavy (non-hydrogen) atoms. The zero-order valence-electron chi connectivity index (χ0n) is 27.6. The van der Waals surface area contributed by atoms with Gasteiger partial charge >= 0.3 is 0 Å². The molecule has 0 unspecified atom stereocenters. The van der Waals surface area contributed by atoms with Gasteiger partial charge in [-0.3, -0.25) is 29.4 Å². The average Bonchev–Trinajstić information content (AvgIpc) is 2.96. The number of nitrogens with one attached hydrogen (secondary N) is 6. The third-order valence-electron chi connectivity index (χ3n) is 7.01. The normalized spacial score (nSPS) is 14.5. The molecule has 14 N–H and O–H groups in total. The molecule has 0 aliphatic heterocycles. The van der Waals surface area contributed by atoms with Gasteiger partial charge in [-0.15, -0.1) is 0 Å². The maximum absolute atomic E-state index is 13.6. The van der Waals surface area contributed by atoms with Gasteiger partial charge in [0.15, 0.2) is 5.96 Å². The van der Waals surface area contributed by atoms with E-state index < -0.39 is 53.8 Å². The second-order valence-electron chi connectivity index (χ2n) is 12.3. The topological polar surface area (TPSA) is 273 Å². The van der Waals surface area contributed by atoms with Crippen LogP contribution in [0.25, 0.3) is 0 Å². The lowest BCUT2D eigenvalue weighted by Gasteiger charge is -2.27. The van der Waals surface area contributed by atoms with E-state index in [1.54, 1.807) is 0 Å². The molecule has 259 valence electrons. The van der Waals surface area contributed by atoms with Crippen LogP contribution in [0.2, 0.25) is 0 Å². The molecule has 15 heteroatoms. The molecule has 4 amide bonds. The van der Waals surface area contributed by atoms with Crippen molar-refractivity contribution < 1.29 is 24.0 Å². The quantitative estimate of drug-likeness (QED) is 0.0330. The Bertz CT molecular complexity index is 918. The Labute approximate surface area is 268 Å². The fourth-order valence-corrected chi connectivity index (χ4v) is 4.64. The van der Waals surface area contributed by atoms with Crippen molar-refractivity contribution in [3.8, 4) is 0 Å². The summed E-state index contributed by atoms with van der Waals surface area (Å²) in [6.45, 7) is 8.79. The number of carbonyl (C=O) groups is 4. The number of unbranched alkanes of at least 4 members (excludes halogenated alkanes) is 2. The van der Waals surface area contributed by atoms with Crippen molar-refractivity contribution in [3.63, 3.8) is 0 Å². The summed E-state index contributed by atoms with van der Waals surface area (Å²) in [6, 6.07) is -4.66. The zero-order chi connectivity index (χ0) is 34.4. The molecule has 5 atom stereocenters. The maximum atomic E-state index is 13.6. The Balaban J connectivity index is 5.93. The Morgan fingerprint density at radius 2 is 1.09 bits per heavy atom. The van der Waals surface area contributed by atoms with Gasteiger partial charge in [0.25, 0.3) is 0 Å². The molecule has 0 aliphatic rings. The minimum absolute atomic E-state index is 0.135. The molecule has 1 radical (unpaired) electrons. The molecule has 0 aromatic heterocycles. The average molecular weight is 640 g/mol. The SMILES string of the molecule is CC(C)C[C@@H]([C]=O)NC(=O)[C@H](CCCCN)NC(=O)[C@H](CCCCN)NC(=O)[C@H](CCCNC(=N)N)NC(=O)[C@@H](N)CC(C)C. The number of rotatable bonds is 25. The van der Waals surface area contributed by atoms with Gasteiger partial charge in [-0.05, 0) is 89.1 Å². The van der Waals surface area contributed by atoms with Crippen LogP contribution in [0.4, 0.5) is 0 Å². The molecular weight excluding hydrogens is 580 g/mol. The van der Waals surface area contributed by atoms with E-state index in [0.717, 1.165) is 0 Å². The van der Waals surface area contributed by atoms with Gasteiger partial charge < -0.3 is 49.5 Å². The van der Waals surface area contributed by atoms with Crippen molar-refractivity contribution in [1.82, 2.24) is 26.6 Å². The lowest BCUT2D eigenvalue weighted by atomic mass is 10.0. The Hall–Kier alpha value is -3.30. The van der Waals surface area contributed by atoms with Crippen molar-refractivity contribution >= 4 is 35.9 Å². The fraction of sp³-hybridized carbons (Fsp3) is 0.800. The van der Waals surface area contributed by atoms with Gasteiger partial charge in [0.05, 0.1) is 12.1 Å². The molecule has 0 saturated heterocycles. The summed E-state index contributed by atoms with van der Waals surface area (Å²) in [7, 11) is 0. The van der Waals surface area contributed by atoms with Crippen LogP contribution in [0.3, 0.4) is 0 Å². The molecular formula is C30H59N10O5. The van der Waals surface area contributed by atoms with E-state index in [9.17, 15) is 24.0 Å². The molecule has 0 saturated carbocycles. The summed E-state index contributed by atoms with van der Waals surface area (Å²) >= 11 is 0. The van der Waals surface area contributed by atoms with Gasteiger partial charge in [-0.2, -0.15) is 0 Å². The van der Waals surface area contributed by atoms with Gasteiger partial charge in [0, 0.05) is 6.54 Å². The van der Waals surface area contributed by atoms with E-state index in [1.165, 1.54) is 0 Å². The highest BCUT2D eigenvalue weighted by Gasteiger charge is 2.31. The first-order chi connectivity index (χ1) is 21.2. The van der Waals surface area contributed by atoms with E-state index in [0.29, 0.717) is 64.6 Å². The van der Waals surface area contributed by atoms with Crippen LogP contribution in [0.5, 0.6) is 0 Å². The summed E-state index contributed by atoms with van der Waals surface area (Å²) in [6.07, 6.45) is 6.06. The monoisotopic (exact) mass is 639 g/mol. The molecule has 0 fully saturated rings. The predicted molar refractivity (Wildman–Crippen MR) is 175 cm³/mol. The number of carbonyl (C=O) groups excluding carboxylic acids is 5. The summed E-state index contributed by atoms with van der Waals surface area (Å²) in [5.41, 5.74) is 22.7. The molecule has 0 spiro atoms. The highest BCUT2D eigenvalue weighted by molar-refractivity contribution is 5.95. The minimum atomic E-state index is -1.03. The van der Waals surface area contributed by atoms with Gasteiger partial charge in [0.1, 0.15) is 18.1 Å². The predicted octanol–water partition coefficient (Wildman–Crippen LogP) is -1.02. The van der Waals surface area contributed by atoms with Crippen molar-refractivity contribution in [1.29, 1.82) is 5.41 Å². The second-order valence-corrected chi connectivity index (χ2v) is 12.3. The van der Waals surface area contributed by atoms with Crippen LogP contribution in [-0.4, -0.2) is 85.7 Å². The smallest absolute Gasteiger partial charge is 0.243 e. The molecule has 0 heterocycles. The first kappa shape index (κ1) is 41.7. The Kier molecular flexibility index (Phi) is 22.2. The lowest BCUT2D eigenvalue weighted by Crippen LogP contribution is -2.58. The van der Waals surface area contributed by atoms with E-state index in [4.69, 9.17) is 28.3 Å². The molecule has 15 nitrogen and oxygen atoms in total. The van der Waals surface area contributed by atoms with Gasteiger partial charge in [-0.25, -0.2) is 0 Å². The molecule has 0 aliphatic carbocycles. The summed E-state index contributed by atoms with van der Waals surface area (Å²) in [4.78, 5) is 64.5. The van der Waals surface area contributed by atoms with E-state index in [1.807, 2.05) is 34.0 Å². The third-order valence-corrected chi connectivity index (χ3v) is 7.01. The number of guanidine groups is 1. The van der Waals surface area contributed by atoms with Crippen LogP contribution in [-0.2, 0) is 24.0 Å². The Morgan fingerprint density at radius 3 is 1.49 bits per heavy atom. The number of hydrogen-bond donors (Lipinski definition) is 10. The highest BCUT2D eigenvalue weighted by atomic mass is 16.2. The van der Waals surface area contributed by atoms with Crippen LogP contribution >= 0.6 is 0 Å². The first-order valence-electron chi connectivity index (χ1n) is 16.1. The number of amides is 4. The van der Waals surface area contributed by atoms with Crippen LogP contribution < -0.4 is 49.5 Å². The van der Waals surface area contributed by atoms with Crippen LogP contribution in [0.15, 0.2) is 0 Å². The lowest BCUT2D eigenvalue weighted by molar-refractivity contribution is -0.134. The van der Waals surface area contributed by atoms with E-state index in [-0.39, 0.29) is 37.1 Å². The standard InChI is InChI=1S/C30H59N10O5/c1-19(2)16-21(18-41)37-27(43)23(10-5-7-13-31)39-28(44)24(11-6-8-14-32)40-29(45)25(12-9-15-36-30(34)35)38-26(42)22(33)17-20(3)4/h19-25H,5-17,31-33H2,1-4H3,(H,37,43)(H,38,42)(H,39,44)(H,40,45)(H4,34,35,36)/t21-,22-,23-,24-,25-/m0/s1. The first-order valence-corrected chi connectivity index (χ1v) is 16.1. The molecule has 0 bridgehead atoms. The largest absolute Gasteiger partial charge is 0.370 e. The Morgan fingerprint density at radius 1 is 0.667 bits per heavy atom. The van der Waals surface area contributed by atoms with Crippen molar-refractivity contribution in [2.24, 2.45) is 34.8 Å². The molecule has 0 aromatic rings. The number of nitrogens with two attached hydrogens (primary N) is 4. The summed E-state index contributed by atoms with van der Waals surface area (Å²) in [5, 5.41) is 20.9. The fourth-order valence-electron chi connectivity index (χ4n) is 4.64. The third kappa shape index (κ3) is 19.6. The minimum Gasteiger partial charge on any atom is -0.370 e. The van der Waals surface area contributed by atoms with Crippen molar-refractivity contribution in [3.05, 3.63) is 0 Å². The van der Waals surface area contributed by atoms with Crippen LogP contribution in [0.1, 0.15) is 91.9 Å². The molecule has 0 aromatic carbocycles. The zero-order valence-corrected chi connectivity index (χ0v) is 27.6. The second kappa shape index (κ2) is 24.0. The maximum Gasteiger partial charge on any atom is 0.243 e. The summed E-state index contributed by atoms with van der Waals surface area (Å²) in [5.74, 6) is -2.11. The van der Waals surface area contributed by atoms with Crippen LogP contribution in [0, 0.1) is 17.2 Å². The van der Waals surface area contributed by atoms with Gasteiger partial charge in [0.2, 0.25) is 29.9 Å². The van der Waals surface area contributed by atoms with E-state index >= 15 is 0 Å². The highest BCUT2D eigenvalue weighted by Crippen LogP contribution is 2.09. The summed E-state index contributed by atoms with van der Waals surface area (Å²) < 4.78 is 0. The van der Waals surface area contributed by atoms with Gasteiger partial charge in [-0.1, -0.05) is 27.7 Å².